The molecule has 1 N–H and O–H groups in total. The second-order valence-corrected chi connectivity index (χ2v) is 3.81. The van der Waals surface area contributed by atoms with Crippen LogP contribution in [0, 0.1) is 16.1 Å². The quantitative estimate of drug-likeness (QED) is 0.827. The predicted octanol–water partition coefficient (Wildman–Crippen LogP) is 2.22. The number of nitrogens with one attached hydrogen (secondary N) is 1. The molecule has 5 heteroatoms. The summed E-state index contributed by atoms with van der Waals surface area (Å²) in [6, 6.07) is 7.59. The minimum absolute atomic E-state index is 0.595. The molecular formula is C11H11N3OS. The van der Waals surface area contributed by atoms with Crippen molar-refractivity contribution in [2.45, 2.75) is 6.54 Å². The highest BCUT2D eigenvalue weighted by molar-refractivity contribution is 7.71. The normalized spacial score (nSPS) is 10.5. The highest BCUT2D eigenvalue weighted by Crippen LogP contribution is 2.15. The average Bonchev–Trinajstić information content (AvgIpc) is 2.61. The van der Waals surface area contributed by atoms with Crippen LogP contribution in [-0.4, -0.2) is 23.3 Å². The first kappa shape index (κ1) is 10.9. The van der Waals surface area contributed by atoms with Crippen molar-refractivity contribution < 1.29 is 4.74 Å². The lowest BCUT2D eigenvalue weighted by Crippen LogP contribution is -2.03. The lowest BCUT2D eigenvalue weighted by molar-refractivity contribution is 0.188. The average molecular weight is 233 g/mol. The van der Waals surface area contributed by atoms with Gasteiger partial charge in [0, 0.05) is 13.7 Å². The maximum atomic E-state index is 8.85. The van der Waals surface area contributed by atoms with Gasteiger partial charge in [0.05, 0.1) is 29.3 Å². The molecule has 0 saturated carbocycles. The van der Waals surface area contributed by atoms with Crippen LogP contribution in [0.5, 0.6) is 0 Å². The molecule has 0 aliphatic carbocycles. The maximum absolute atomic E-state index is 8.85. The third-order valence-electron chi connectivity index (χ3n) is 2.42. The van der Waals surface area contributed by atoms with E-state index in [-0.39, 0.29) is 0 Å². The monoisotopic (exact) mass is 233 g/mol. The van der Waals surface area contributed by atoms with E-state index in [2.05, 4.69) is 11.1 Å². The summed E-state index contributed by atoms with van der Waals surface area (Å²) < 4.78 is 7.62. The van der Waals surface area contributed by atoms with E-state index in [0.29, 0.717) is 23.5 Å². The van der Waals surface area contributed by atoms with Gasteiger partial charge in [0.2, 0.25) is 0 Å². The molecule has 1 aromatic heterocycles. The number of imidazole rings is 1. The lowest BCUT2D eigenvalue weighted by atomic mass is 10.2. The van der Waals surface area contributed by atoms with Gasteiger partial charge in [-0.05, 0) is 30.4 Å². The highest BCUT2D eigenvalue weighted by Gasteiger charge is 2.04. The summed E-state index contributed by atoms with van der Waals surface area (Å²) >= 11 is 5.21. The van der Waals surface area contributed by atoms with E-state index in [9.17, 15) is 0 Å². The Bertz CT molecular complexity index is 606. The summed E-state index contributed by atoms with van der Waals surface area (Å²) in [7, 11) is 1.65. The number of aromatic nitrogens is 2. The van der Waals surface area contributed by atoms with Crippen molar-refractivity contribution in [3.05, 3.63) is 28.5 Å². The number of benzene rings is 1. The van der Waals surface area contributed by atoms with Gasteiger partial charge in [0.25, 0.3) is 0 Å². The zero-order valence-corrected chi connectivity index (χ0v) is 9.67. The third kappa shape index (κ3) is 1.85. The fraction of sp³-hybridized carbons (Fsp3) is 0.273. The van der Waals surface area contributed by atoms with Crippen LogP contribution in [0.3, 0.4) is 0 Å². The minimum Gasteiger partial charge on any atom is -0.383 e. The summed E-state index contributed by atoms with van der Waals surface area (Å²) in [6.07, 6.45) is 0. The molecule has 2 aromatic rings. The summed E-state index contributed by atoms with van der Waals surface area (Å²) in [5.74, 6) is 0. The van der Waals surface area contributed by atoms with Crippen LogP contribution in [-0.2, 0) is 11.3 Å². The number of hydrogen-bond donors (Lipinski definition) is 1. The van der Waals surface area contributed by atoms with Gasteiger partial charge in [0.1, 0.15) is 0 Å². The Hall–Kier alpha value is -1.64. The zero-order chi connectivity index (χ0) is 11.5. The van der Waals surface area contributed by atoms with Crippen LogP contribution in [0.2, 0.25) is 0 Å². The Morgan fingerprint density at radius 2 is 2.38 bits per heavy atom. The van der Waals surface area contributed by atoms with E-state index in [4.69, 9.17) is 22.2 Å². The number of aromatic amines is 1. The van der Waals surface area contributed by atoms with Gasteiger partial charge in [-0.1, -0.05) is 0 Å². The fourth-order valence-corrected chi connectivity index (χ4v) is 1.93. The SMILES string of the molecule is COCCn1c(=S)[nH]c2ccc(C#N)cc21. The van der Waals surface area contributed by atoms with Crippen LogP contribution in [0.15, 0.2) is 18.2 Å². The number of fused-ring (bicyclic) bond motifs is 1. The van der Waals surface area contributed by atoms with E-state index in [1.54, 1.807) is 13.2 Å². The van der Waals surface area contributed by atoms with E-state index in [0.717, 1.165) is 11.0 Å². The molecule has 1 heterocycles. The molecule has 0 atom stereocenters. The number of H-pyrrole nitrogens is 1. The standard InChI is InChI=1S/C11H11N3OS/c1-15-5-4-14-10-6-8(7-12)2-3-9(10)13-11(14)16/h2-3,6H,4-5H2,1H3,(H,13,16). The van der Waals surface area contributed by atoms with Crippen LogP contribution in [0.25, 0.3) is 11.0 Å². The molecule has 0 saturated heterocycles. The van der Waals surface area contributed by atoms with Crippen molar-refractivity contribution in [3.63, 3.8) is 0 Å². The largest absolute Gasteiger partial charge is 0.383 e. The molecule has 4 nitrogen and oxygen atoms in total. The van der Waals surface area contributed by atoms with Crippen molar-refractivity contribution in [1.82, 2.24) is 9.55 Å². The summed E-state index contributed by atoms with van der Waals surface area (Å²) in [5.41, 5.74) is 2.52. The first-order valence-electron chi connectivity index (χ1n) is 4.88. The van der Waals surface area contributed by atoms with Gasteiger partial charge in [-0.15, -0.1) is 0 Å². The smallest absolute Gasteiger partial charge is 0.178 e. The second kappa shape index (κ2) is 4.47. The third-order valence-corrected chi connectivity index (χ3v) is 2.75. The second-order valence-electron chi connectivity index (χ2n) is 3.42. The van der Waals surface area contributed by atoms with Crippen molar-refractivity contribution >= 4 is 23.3 Å². The van der Waals surface area contributed by atoms with Gasteiger partial charge in [-0.3, -0.25) is 0 Å². The summed E-state index contributed by atoms with van der Waals surface area (Å²) in [5, 5.41) is 8.85. The first-order chi connectivity index (χ1) is 7.76. The number of nitriles is 1. The van der Waals surface area contributed by atoms with Gasteiger partial charge >= 0.3 is 0 Å². The fourth-order valence-electron chi connectivity index (χ4n) is 1.63. The van der Waals surface area contributed by atoms with Crippen LogP contribution >= 0.6 is 12.2 Å². The molecule has 0 radical (unpaired) electrons. The van der Waals surface area contributed by atoms with Gasteiger partial charge < -0.3 is 14.3 Å². The Labute approximate surface area is 98.1 Å². The van der Waals surface area contributed by atoms with Crippen molar-refractivity contribution in [2.75, 3.05) is 13.7 Å². The Balaban J connectivity index is 2.58. The van der Waals surface area contributed by atoms with Crippen LogP contribution in [0.4, 0.5) is 0 Å². The maximum Gasteiger partial charge on any atom is 0.178 e. The molecule has 2 rings (SSSR count). The zero-order valence-electron chi connectivity index (χ0n) is 8.86. The number of methoxy groups -OCH3 is 1. The molecule has 16 heavy (non-hydrogen) atoms. The number of nitrogens with zero attached hydrogens (tertiary/aromatic N) is 2. The van der Waals surface area contributed by atoms with E-state index < -0.39 is 0 Å². The number of rotatable bonds is 3. The highest BCUT2D eigenvalue weighted by atomic mass is 32.1. The molecule has 0 aliphatic heterocycles. The first-order valence-corrected chi connectivity index (χ1v) is 5.28. The van der Waals surface area contributed by atoms with Crippen molar-refractivity contribution in [3.8, 4) is 6.07 Å². The molecule has 0 aliphatic rings. The summed E-state index contributed by atoms with van der Waals surface area (Å²) in [6.45, 7) is 1.28. The van der Waals surface area contributed by atoms with E-state index in [1.807, 2.05) is 16.7 Å². The topological polar surface area (TPSA) is 53.7 Å². The van der Waals surface area contributed by atoms with Crippen LogP contribution < -0.4 is 0 Å². The van der Waals surface area contributed by atoms with Crippen molar-refractivity contribution in [1.29, 1.82) is 5.26 Å². The Morgan fingerprint density at radius 1 is 1.56 bits per heavy atom. The molecule has 0 amide bonds. The van der Waals surface area contributed by atoms with E-state index in [1.165, 1.54) is 0 Å². The summed E-state index contributed by atoms with van der Waals surface area (Å²) in [4.78, 5) is 3.10. The molecule has 0 unspecified atom stereocenters. The van der Waals surface area contributed by atoms with Gasteiger partial charge in [-0.2, -0.15) is 5.26 Å². The predicted molar refractivity (Wildman–Crippen MR) is 63.7 cm³/mol. The number of hydrogen-bond acceptors (Lipinski definition) is 3. The molecule has 0 spiro atoms. The van der Waals surface area contributed by atoms with E-state index >= 15 is 0 Å². The van der Waals surface area contributed by atoms with Gasteiger partial charge in [-0.25, -0.2) is 0 Å². The molecular weight excluding hydrogens is 222 g/mol. The molecule has 0 bridgehead atoms. The number of ether oxygens (including phenoxy) is 1. The minimum atomic E-state index is 0.595. The lowest BCUT2D eigenvalue weighted by Gasteiger charge is -2.03. The molecule has 82 valence electrons. The molecule has 1 aromatic carbocycles. The molecule has 0 fully saturated rings. The van der Waals surface area contributed by atoms with Gasteiger partial charge in [0.15, 0.2) is 4.77 Å². The van der Waals surface area contributed by atoms with Crippen LogP contribution in [0.1, 0.15) is 5.56 Å². The Kier molecular flexibility index (Phi) is 3.04. The Morgan fingerprint density at radius 3 is 3.06 bits per heavy atom. The van der Waals surface area contributed by atoms with Crippen molar-refractivity contribution in [2.24, 2.45) is 0 Å².